The first-order chi connectivity index (χ1) is 13.2. The number of hydrogen-bond donors (Lipinski definition) is 0. The van der Waals surface area contributed by atoms with Crippen LogP contribution in [0.3, 0.4) is 0 Å². The predicted octanol–water partition coefficient (Wildman–Crippen LogP) is 6.00. The number of ether oxygens (including phenoxy) is 1. The van der Waals surface area contributed by atoms with Crippen LogP contribution < -0.4 is 4.74 Å². The molecule has 0 aliphatic carbocycles. The van der Waals surface area contributed by atoms with Crippen molar-refractivity contribution >= 4 is 21.6 Å². The molecule has 27 heavy (non-hydrogen) atoms. The first-order valence-corrected chi connectivity index (χ1v) is 9.92. The molecule has 0 N–H and O–H groups in total. The fourth-order valence-corrected chi connectivity index (χ4v) is 4.19. The second kappa shape index (κ2) is 6.54. The second-order valence-corrected chi connectivity index (χ2v) is 7.99. The predicted molar refractivity (Wildman–Crippen MR) is 111 cm³/mol. The standard InChI is InChI=1S/C23H19BrN2O/c1-15-7-9-16(10-8-15)20-14-21-19-13-18(24)11-12-22(19)27-23(26(21)25-20)17-5-3-2-4-6-17/h2-13,21,23H,14H2,1H3/t21-,23-/m0/s1. The summed E-state index contributed by atoms with van der Waals surface area (Å²) in [5.41, 5.74) is 5.85. The van der Waals surface area contributed by atoms with E-state index < -0.39 is 0 Å². The van der Waals surface area contributed by atoms with Gasteiger partial charge < -0.3 is 4.74 Å². The zero-order valence-corrected chi connectivity index (χ0v) is 16.6. The fourth-order valence-electron chi connectivity index (χ4n) is 3.82. The molecule has 0 fully saturated rings. The van der Waals surface area contributed by atoms with Crippen molar-refractivity contribution in [2.24, 2.45) is 5.10 Å². The number of halogens is 1. The highest BCUT2D eigenvalue weighted by Crippen LogP contribution is 2.48. The molecule has 0 radical (unpaired) electrons. The third-order valence-corrected chi connectivity index (χ3v) is 5.71. The molecule has 0 bridgehead atoms. The number of fused-ring (bicyclic) bond motifs is 3. The van der Waals surface area contributed by atoms with Crippen LogP contribution in [0.15, 0.2) is 82.4 Å². The molecule has 0 unspecified atom stereocenters. The van der Waals surface area contributed by atoms with E-state index >= 15 is 0 Å². The zero-order chi connectivity index (χ0) is 18.4. The van der Waals surface area contributed by atoms with Gasteiger partial charge in [0.1, 0.15) is 5.75 Å². The lowest BCUT2D eigenvalue weighted by atomic mass is 9.95. The summed E-state index contributed by atoms with van der Waals surface area (Å²) in [6, 6.07) is 25.3. The Hall–Kier alpha value is -2.59. The maximum Gasteiger partial charge on any atom is 0.213 e. The summed E-state index contributed by atoms with van der Waals surface area (Å²) in [6.07, 6.45) is 0.659. The van der Waals surface area contributed by atoms with E-state index in [9.17, 15) is 0 Å². The zero-order valence-electron chi connectivity index (χ0n) is 15.0. The number of benzene rings is 3. The summed E-state index contributed by atoms with van der Waals surface area (Å²) >= 11 is 3.60. The third kappa shape index (κ3) is 2.94. The van der Waals surface area contributed by atoms with E-state index in [-0.39, 0.29) is 12.3 Å². The average molecular weight is 419 g/mol. The quantitative estimate of drug-likeness (QED) is 0.509. The fraction of sp³-hybridized carbons (Fsp3) is 0.174. The Labute approximate surface area is 167 Å². The lowest BCUT2D eigenvalue weighted by molar-refractivity contribution is -0.0190. The van der Waals surface area contributed by atoms with Gasteiger partial charge in [0.2, 0.25) is 6.23 Å². The van der Waals surface area contributed by atoms with E-state index in [4.69, 9.17) is 9.84 Å². The van der Waals surface area contributed by atoms with E-state index in [1.54, 1.807) is 0 Å². The Morgan fingerprint density at radius 1 is 1.00 bits per heavy atom. The number of nitrogens with zero attached hydrogens (tertiary/aromatic N) is 2. The van der Waals surface area contributed by atoms with Gasteiger partial charge in [-0.3, -0.25) is 0 Å². The van der Waals surface area contributed by atoms with E-state index in [1.807, 2.05) is 24.3 Å². The molecule has 0 spiro atoms. The minimum Gasteiger partial charge on any atom is -0.464 e. The molecule has 0 saturated heterocycles. The SMILES string of the molecule is Cc1ccc(C2=NN3[C@@H](C2)c2cc(Br)ccc2O[C@H]3c2ccccc2)cc1. The molecule has 2 atom stereocenters. The highest BCUT2D eigenvalue weighted by molar-refractivity contribution is 9.10. The number of hydrazone groups is 1. The smallest absolute Gasteiger partial charge is 0.213 e. The first-order valence-electron chi connectivity index (χ1n) is 9.13. The van der Waals surface area contributed by atoms with Crippen LogP contribution in [0.25, 0.3) is 0 Å². The van der Waals surface area contributed by atoms with Crippen molar-refractivity contribution in [3.8, 4) is 5.75 Å². The van der Waals surface area contributed by atoms with E-state index in [0.717, 1.165) is 27.9 Å². The van der Waals surface area contributed by atoms with Crippen LogP contribution >= 0.6 is 15.9 Å². The maximum absolute atomic E-state index is 6.39. The highest BCUT2D eigenvalue weighted by atomic mass is 79.9. The Balaban J connectivity index is 1.60. The summed E-state index contributed by atoms with van der Waals surface area (Å²) in [5, 5.41) is 7.13. The van der Waals surface area contributed by atoms with Gasteiger partial charge >= 0.3 is 0 Å². The van der Waals surface area contributed by atoms with Crippen LogP contribution in [0.5, 0.6) is 5.75 Å². The number of aryl methyl sites for hydroxylation is 1. The number of hydrogen-bond acceptors (Lipinski definition) is 3. The van der Waals surface area contributed by atoms with Crippen LogP contribution in [0.1, 0.15) is 40.9 Å². The molecule has 5 rings (SSSR count). The van der Waals surface area contributed by atoms with E-state index in [0.29, 0.717) is 0 Å². The van der Waals surface area contributed by atoms with Crippen molar-refractivity contribution in [3.05, 3.63) is 99.5 Å². The van der Waals surface area contributed by atoms with E-state index in [2.05, 4.69) is 76.4 Å². The Kier molecular flexibility index (Phi) is 4.01. The van der Waals surface area contributed by atoms with Crippen LogP contribution in [-0.4, -0.2) is 10.7 Å². The van der Waals surface area contributed by atoms with Gasteiger partial charge in [0.05, 0.1) is 11.8 Å². The maximum atomic E-state index is 6.39. The van der Waals surface area contributed by atoms with Crippen LogP contribution in [0, 0.1) is 6.92 Å². The molecule has 134 valence electrons. The van der Waals surface area contributed by atoms with Crippen molar-refractivity contribution in [3.63, 3.8) is 0 Å². The van der Waals surface area contributed by atoms with Crippen molar-refractivity contribution in [1.82, 2.24) is 5.01 Å². The molecule has 2 heterocycles. The lowest BCUT2D eigenvalue weighted by Gasteiger charge is -2.38. The number of rotatable bonds is 2. The summed E-state index contributed by atoms with van der Waals surface area (Å²) in [6.45, 7) is 2.11. The van der Waals surface area contributed by atoms with Crippen LogP contribution in [0.4, 0.5) is 0 Å². The van der Waals surface area contributed by atoms with Crippen molar-refractivity contribution in [2.45, 2.75) is 25.6 Å². The van der Waals surface area contributed by atoms with Gasteiger partial charge in [0.15, 0.2) is 0 Å². The van der Waals surface area contributed by atoms with Crippen LogP contribution in [0.2, 0.25) is 0 Å². The average Bonchev–Trinajstić information content (AvgIpc) is 3.14. The molecule has 3 nitrogen and oxygen atoms in total. The van der Waals surface area contributed by atoms with Gasteiger partial charge in [-0.15, -0.1) is 0 Å². The molecule has 0 amide bonds. The Bertz CT molecular complexity index is 1010. The second-order valence-electron chi connectivity index (χ2n) is 7.08. The summed E-state index contributed by atoms with van der Waals surface area (Å²) in [5.74, 6) is 0.939. The summed E-state index contributed by atoms with van der Waals surface area (Å²) in [7, 11) is 0. The van der Waals surface area contributed by atoms with Gasteiger partial charge in [-0.05, 0) is 30.7 Å². The minimum absolute atomic E-state index is 0.174. The van der Waals surface area contributed by atoms with E-state index in [1.165, 1.54) is 16.7 Å². The monoisotopic (exact) mass is 418 g/mol. The van der Waals surface area contributed by atoms with Crippen molar-refractivity contribution < 1.29 is 4.74 Å². The van der Waals surface area contributed by atoms with Gasteiger partial charge in [0.25, 0.3) is 0 Å². The molecular formula is C23H19BrN2O. The summed E-state index contributed by atoms with van der Waals surface area (Å²) < 4.78 is 7.45. The third-order valence-electron chi connectivity index (χ3n) is 5.22. The summed E-state index contributed by atoms with van der Waals surface area (Å²) in [4.78, 5) is 0. The van der Waals surface area contributed by atoms with Crippen molar-refractivity contribution in [1.29, 1.82) is 0 Å². The van der Waals surface area contributed by atoms with Gasteiger partial charge in [-0.2, -0.15) is 5.10 Å². The van der Waals surface area contributed by atoms with Gasteiger partial charge in [0, 0.05) is 22.0 Å². The molecular weight excluding hydrogens is 400 g/mol. The first kappa shape index (κ1) is 16.6. The molecule has 2 aliphatic heterocycles. The minimum atomic E-state index is -0.215. The topological polar surface area (TPSA) is 24.8 Å². The van der Waals surface area contributed by atoms with Gasteiger partial charge in [-0.25, -0.2) is 5.01 Å². The highest BCUT2D eigenvalue weighted by Gasteiger charge is 2.40. The Morgan fingerprint density at radius 2 is 1.78 bits per heavy atom. The molecule has 4 heteroatoms. The molecule has 3 aromatic rings. The van der Waals surface area contributed by atoms with Gasteiger partial charge in [-0.1, -0.05) is 76.1 Å². The molecule has 0 aromatic heterocycles. The van der Waals surface area contributed by atoms with Crippen molar-refractivity contribution in [2.75, 3.05) is 0 Å². The Morgan fingerprint density at radius 3 is 2.56 bits per heavy atom. The molecule has 3 aromatic carbocycles. The lowest BCUT2D eigenvalue weighted by Crippen LogP contribution is -2.33. The largest absolute Gasteiger partial charge is 0.464 e. The molecule has 2 aliphatic rings. The molecule has 0 saturated carbocycles. The normalized spacial score (nSPS) is 20.5. The van der Waals surface area contributed by atoms with Crippen LogP contribution in [-0.2, 0) is 0 Å².